The molecule has 1 aromatic heterocycles. The highest BCUT2D eigenvalue weighted by atomic mass is 32.1. The lowest BCUT2D eigenvalue weighted by molar-refractivity contribution is 0.0928. The van der Waals surface area contributed by atoms with Gasteiger partial charge in [-0.25, -0.2) is 0 Å². The number of hydrogen-bond donors (Lipinski definition) is 2. The predicted molar refractivity (Wildman–Crippen MR) is 76.3 cm³/mol. The summed E-state index contributed by atoms with van der Waals surface area (Å²) in [6.07, 6.45) is 5.42. The molecule has 0 bridgehead atoms. The largest absolute Gasteiger partial charge is 0.349 e. The van der Waals surface area contributed by atoms with Crippen LogP contribution < -0.4 is 10.6 Å². The summed E-state index contributed by atoms with van der Waals surface area (Å²) >= 11 is 1.55. The number of hydrogen-bond acceptors (Lipinski definition) is 3. The van der Waals surface area contributed by atoms with Crippen molar-refractivity contribution in [2.75, 3.05) is 7.05 Å². The van der Waals surface area contributed by atoms with E-state index in [4.69, 9.17) is 0 Å². The fourth-order valence-corrected chi connectivity index (χ4v) is 3.49. The molecule has 18 heavy (non-hydrogen) atoms. The van der Waals surface area contributed by atoms with Gasteiger partial charge in [-0.1, -0.05) is 6.92 Å². The number of carbonyl (C=O) groups excluding carboxylic acids is 1. The van der Waals surface area contributed by atoms with E-state index in [0.717, 1.165) is 37.0 Å². The first-order valence-electron chi connectivity index (χ1n) is 6.79. The summed E-state index contributed by atoms with van der Waals surface area (Å²) in [7, 11) is 2.02. The molecule has 1 aromatic rings. The molecule has 2 rings (SSSR count). The Labute approximate surface area is 113 Å². The molecule has 2 N–H and O–H groups in total. The van der Waals surface area contributed by atoms with Gasteiger partial charge in [-0.3, -0.25) is 4.79 Å². The van der Waals surface area contributed by atoms with Gasteiger partial charge < -0.3 is 10.6 Å². The quantitative estimate of drug-likeness (QED) is 0.879. The molecule has 1 aliphatic carbocycles. The average molecular weight is 266 g/mol. The van der Waals surface area contributed by atoms with Gasteiger partial charge in [-0.05, 0) is 56.2 Å². The number of carbonyl (C=O) groups is 1. The van der Waals surface area contributed by atoms with E-state index in [9.17, 15) is 4.79 Å². The highest BCUT2D eigenvalue weighted by Gasteiger charge is 2.22. The molecule has 1 amide bonds. The normalized spacial score (nSPS) is 23.9. The van der Waals surface area contributed by atoms with Gasteiger partial charge in [0.1, 0.15) is 0 Å². The summed E-state index contributed by atoms with van der Waals surface area (Å²) in [4.78, 5) is 13.1. The number of nitrogens with one attached hydrogen (secondary N) is 2. The Kier molecular flexibility index (Phi) is 4.78. The highest BCUT2D eigenvalue weighted by molar-refractivity contribution is 7.12. The van der Waals surface area contributed by atoms with Crippen molar-refractivity contribution in [1.29, 1.82) is 0 Å². The minimum atomic E-state index is 0.120. The Bertz CT molecular complexity index is 394. The topological polar surface area (TPSA) is 41.1 Å². The zero-order chi connectivity index (χ0) is 13.0. The molecular formula is C14H22N2OS. The van der Waals surface area contributed by atoms with Crippen molar-refractivity contribution in [2.45, 2.75) is 51.1 Å². The van der Waals surface area contributed by atoms with E-state index in [-0.39, 0.29) is 5.91 Å². The molecule has 4 heteroatoms. The Morgan fingerprint density at radius 2 is 2.00 bits per heavy atom. The molecule has 0 aliphatic heterocycles. The van der Waals surface area contributed by atoms with E-state index in [1.165, 1.54) is 5.56 Å². The van der Waals surface area contributed by atoms with Crippen LogP contribution in [0.25, 0.3) is 0 Å². The highest BCUT2D eigenvalue weighted by Crippen LogP contribution is 2.21. The molecule has 0 aromatic carbocycles. The molecule has 3 nitrogen and oxygen atoms in total. The van der Waals surface area contributed by atoms with Crippen LogP contribution in [0.3, 0.4) is 0 Å². The second kappa shape index (κ2) is 6.34. The summed E-state index contributed by atoms with van der Waals surface area (Å²) in [6, 6.07) is 3.04. The molecule has 0 saturated heterocycles. The number of amides is 1. The van der Waals surface area contributed by atoms with E-state index in [2.05, 4.69) is 23.6 Å². The van der Waals surface area contributed by atoms with Gasteiger partial charge >= 0.3 is 0 Å². The van der Waals surface area contributed by atoms with E-state index in [1.807, 2.05) is 12.4 Å². The lowest BCUT2D eigenvalue weighted by atomic mass is 9.91. The third-order valence-corrected chi connectivity index (χ3v) is 4.76. The minimum Gasteiger partial charge on any atom is -0.349 e. The van der Waals surface area contributed by atoms with Crippen molar-refractivity contribution in [2.24, 2.45) is 0 Å². The second-order valence-corrected chi connectivity index (χ2v) is 5.86. The van der Waals surface area contributed by atoms with Gasteiger partial charge in [-0.15, -0.1) is 11.3 Å². The third-order valence-electron chi connectivity index (χ3n) is 3.80. The average Bonchev–Trinajstić information content (AvgIpc) is 2.88. The summed E-state index contributed by atoms with van der Waals surface area (Å²) in [5.41, 5.74) is 1.17. The second-order valence-electron chi connectivity index (χ2n) is 4.94. The Balaban J connectivity index is 1.89. The lowest BCUT2D eigenvalue weighted by Gasteiger charge is -2.28. The maximum absolute atomic E-state index is 12.2. The molecule has 0 atom stereocenters. The molecule has 0 spiro atoms. The van der Waals surface area contributed by atoms with Crippen LogP contribution in [-0.2, 0) is 6.42 Å². The van der Waals surface area contributed by atoms with Gasteiger partial charge in [0.05, 0.1) is 4.88 Å². The van der Waals surface area contributed by atoms with Crippen molar-refractivity contribution >= 4 is 17.2 Å². The van der Waals surface area contributed by atoms with Gasteiger partial charge in [0.25, 0.3) is 5.91 Å². The van der Waals surface area contributed by atoms with Crippen LogP contribution >= 0.6 is 11.3 Å². The van der Waals surface area contributed by atoms with E-state index < -0.39 is 0 Å². The van der Waals surface area contributed by atoms with Crippen molar-refractivity contribution in [1.82, 2.24) is 10.6 Å². The fraction of sp³-hybridized carbons (Fsp3) is 0.643. The van der Waals surface area contributed by atoms with Crippen molar-refractivity contribution in [3.05, 3.63) is 21.9 Å². The van der Waals surface area contributed by atoms with Gasteiger partial charge in [0, 0.05) is 12.1 Å². The molecule has 100 valence electrons. The molecule has 0 unspecified atom stereocenters. The van der Waals surface area contributed by atoms with E-state index in [0.29, 0.717) is 12.1 Å². The predicted octanol–water partition coefficient (Wildman–Crippen LogP) is 2.57. The SMILES string of the molecule is CCc1ccsc1C(=O)NC1CCC(NC)CC1. The molecule has 1 aliphatic rings. The van der Waals surface area contributed by atoms with Gasteiger partial charge in [0.2, 0.25) is 0 Å². The first-order valence-corrected chi connectivity index (χ1v) is 7.67. The summed E-state index contributed by atoms with van der Waals surface area (Å²) in [5, 5.41) is 8.50. The van der Waals surface area contributed by atoms with Crippen LogP contribution in [0.1, 0.15) is 47.8 Å². The molecule has 1 saturated carbocycles. The van der Waals surface area contributed by atoms with Crippen LogP contribution in [0.5, 0.6) is 0 Å². The smallest absolute Gasteiger partial charge is 0.261 e. The van der Waals surface area contributed by atoms with Crippen LogP contribution in [0.4, 0.5) is 0 Å². The van der Waals surface area contributed by atoms with E-state index >= 15 is 0 Å². The van der Waals surface area contributed by atoms with Crippen LogP contribution in [0.15, 0.2) is 11.4 Å². The summed E-state index contributed by atoms with van der Waals surface area (Å²) in [5.74, 6) is 0.120. The zero-order valence-corrected chi connectivity index (χ0v) is 12.0. The Hall–Kier alpha value is -0.870. The minimum absolute atomic E-state index is 0.120. The van der Waals surface area contributed by atoms with E-state index in [1.54, 1.807) is 11.3 Å². The molecule has 0 radical (unpaired) electrons. The number of rotatable bonds is 4. The summed E-state index contributed by atoms with van der Waals surface area (Å²) < 4.78 is 0. The Morgan fingerprint density at radius 1 is 1.33 bits per heavy atom. The van der Waals surface area contributed by atoms with Crippen LogP contribution in [0, 0.1) is 0 Å². The fourth-order valence-electron chi connectivity index (χ4n) is 2.59. The first-order chi connectivity index (χ1) is 8.74. The third kappa shape index (κ3) is 3.12. The number of aryl methyl sites for hydroxylation is 1. The van der Waals surface area contributed by atoms with Crippen molar-refractivity contribution < 1.29 is 4.79 Å². The maximum Gasteiger partial charge on any atom is 0.261 e. The van der Waals surface area contributed by atoms with Crippen molar-refractivity contribution in [3.8, 4) is 0 Å². The standard InChI is InChI=1S/C14H22N2OS/c1-3-10-8-9-18-13(10)14(17)16-12-6-4-11(15-2)5-7-12/h8-9,11-12,15H,3-7H2,1-2H3,(H,16,17). The lowest BCUT2D eigenvalue weighted by Crippen LogP contribution is -2.41. The monoisotopic (exact) mass is 266 g/mol. The molecule has 1 fully saturated rings. The van der Waals surface area contributed by atoms with Crippen LogP contribution in [0.2, 0.25) is 0 Å². The van der Waals surface area contributed by atoms with Crippen LogP contribution in [-0.4, -0.2) is 25.0 Å². The van der Waals surface area contributed by atoms with Gasteiger partial charge in [0.15, 0.2) is 0 Å². The molecule has 1 heterocycles. The Morgan fingerprint density at radius 3 is 2.61 bits per heavy atom. The maximum atomic E-state index is 12.2. The first kappa shape index (κ1) is 13.6. The van der Waals surface area contributed by atoms with Gasteiger partial charge in [-0.2, -0.15) is 0 Å². The zero-order valence-electron chi connectivity index (χ0n) is 11.2. The molecular weight excluding hydrogens is 244 g/mol. The summed E-state index contributed by atoms with van der Waals surface area (Å²) in [6.45, 7) is 2.09. The number of thiophene rings is 1. The van der Waals surface area contributed by atoms with Crippen molar-refractivity contribution in [3.63, 3.8) is 0 Å².